The molecular formula is C15H20INO4. The molecule has 0 saturated carbocycles. The van der Waals surface area contributed by atoms with Crippen LogP contribution >= 0.6 is 22.6 Å². The van der Waals surface area contributed by atoms with Crippen molar-refractivity contribution in [2.45, 2.75) is 26.3 Å². The van der Waals surface area contributed by atoms with Crippen molar-refractivity contribution < 1.29 is 19.1 Å². The number of carbonyl (C=O) groups excluding carboxylic acids is 2. The molecule has 1 aromatic rings. The molecule has 0 amide bonds. The van der Waals surface area contributed by atoms with E-state index < -0.39 is 0 Å². The molecule has 1 aromatic carbocycles. The van der Waals surface area contributed by atoms with Crippen molar-refractivity contribution in [3.8, 4) is 5.75 Å². The number of rotatable bonds is 7. The third-order valence-electron chi connectivity index (χ3n) is 2.97. The summed E-state index contributed by atoms with van der Waals surface area (Å²) >= 11 is 1.96. The first-order valence-electron chi connectivity index (χ1n) is 6.68. The maximum atomic E-state index is 12.1. The molecule has 0 aliphatic heterocycles. The normalized spacial score (nSPS) is 12.0. The van der Waals surface area contributed by atoms with Crippen LogP contribution in [0.15, 0.2) is 24.3 Å². The van der Waals surface area contributed by atoms with Gasteiger partial charge in [0.1, 0.15) is 16.4 Å². The number of carbonyl (C=O) groups is 2. The Hall–Kier alpha value is -1.15. The predicted octanol–water partition coefficient (Wildman–Crippen LogP) is 2.31. The smallest absolute Gasteiger partial charge is 0.328 e. The van der Waals surface area contributed by atoms with Crippen LogP contribution in [0.2, 0.25) is 0 Å². The summed E-state index contributed by atoms with van der Waals surface area (Å²) in [5.41, 5.74) is 0.638. The Morgan fingerprint density at radius 2 is 1.95 bits per heavy atom. The molecule has 0 spiro atoms. The minimum absolute atomic E-state index is 0.0817. The van der Waals surface area contributed by atoms with Gasteiger partial charge in [-0.3, -0.25) is 4.79 Å². The van der Waals surface area contributed by atoms with Gasteiger partial charge in [-0.1, -0.05) is 32.0 Å². The van der Waals surface area contributed by atoms with Crippen LogP contribution in [-0.2, 0) is 20.7 Å². The van der Waals surface area contributed by atoms with Crippen molar-refractivity contribution in [1.29, 1.82) is 0 Å². The lowest BCUT2D eigenvalue weighted by Gasteiger charge is -2.19. The van der Waals surface area contributed by atoms with E-state index in [1.165, 1.54) is 0 Å². The molecule has 0 saturated heterocycles. The average molecular weight is 405 g/mol. The second kappa shape index (κ2) is 8.99. The van der Waals surface area contributed by atoms with Gasteiger partial charge in [-0.15, -0.1) is 0 Å². The number of likely N-dealkylation sites (N-methyl/N-ethyl adjacent to an activating group) is 1. The Bertz CT molecular complexity index is 490. The zero-order valence-corrected chi connectivity index (χ0v) is 14.5. The van der Waals surface area contributed by atoms with Crippen molar-refractivity contribution in [1.82, 2.24) is 5.32 Å². The van der Waals surface area contributed by atoms with Crippen LogP contribution in [0.1, 0.15) is 19.4 Å². The van der Waals surface area contributed by atoms with Crippen LogP contribution < -0.4 is 10.1 Å². The van der Waals surface area contributed by atoms with Gasteiger partial charge in [0.25, 0.3) is 0 Å². The summed E-state index contributed by atoms with van der Waals surface area (Å²) in [7, 11) is 1.72. The quantitative estimate of drug-likeness (QED) is 0.327. The van der Waals surface area contributed by atoms with Crippen LogP contribution in [0, 0.1) is 5.92 Å². The van der Waals surface area contributed by atoms with Crippen LogP contribution in [-0.4, -0.2) is 29.6 Å². The highest BCUT2D eigenvalue weighted by atomic mass is 127. The van der Waals surface area contributed by atoms with Crippen LogP contribution in [0.3, 0.4) is 0 Å². The van der Waals surface area contributed by atoms with Gasteiger partial charge in [-0.2, -0.15) is 0 Å². The van der Waals surface area contributed by atoms with Gasteiger partial charge in [0, 0.05) is 5.56 Å². The van der Waals surface area contributed by atoms with E-state index in [4.69, 9.17) is 9.47 Å². The first-order valence-corrected chi connectivity index (χ1v) is 8.20. The second-order valence-corrected chi connectivity index (χ2v) is 5.46. The standard InChI is InChI=1S/C15H20INO4/c1-10(2)14(17-3)15(19)21-12-7-5-4-6-11(12)8-13(18)20-9-16/h4-7,10,14,17H,8-9H2,1-3H3. The predicted molar refractivity (Wildman–Crippen MR) is 88.4 cm³/mol. The van der Waals surface area contributed by atoms with Crippen molar-refractivity contribution in [3.05, 3.63) is 29.8 Å². The maximum absolute atomic E-state index is 12.1. The molecule has 1 unspecified atom stereocenters. The summed E-state index contributed by atoms with van der Waals surface area (Å²) in [6.45, 7) is 3.87. The molecule has 0 bridgehead atoms. The number of halogens is 1. The number of hydrogen-bond donors (Lipinski definition) is 1. The highest BCUT2D eigenvalue weighted by Gasteiger charge is 2.23. The minimum atomic E-state index is -0.389. The first kappa shape index (κ1) is 17.9. The Morgan fingerprint density at radius 1 is 1.29 bits per heavy atom. The van der Waals surface area contributed by atoms with Crippen LogP contribution in [0.5, 0.6) is 5.75 Å². The molecule has 0 fully saturated rings. The van der Waals surface area contributed by atoms with E-state index in [1.54, 1.807) is 31.3 Å². The number of ether oxygens (including phenoxy) is 2. The number of alkyl halides is 1. The average Bonchev–Trinajstić information content (AvgIpc) is 2.41. The number of hydrogen-bond acceptors (Lipinski definition) is 5. The number of para-hydroxylation sites is 1. The minimum Gasteiger partial charge on any atom is -0.455 e. The molecule has 5 nitrogen and oxygen atoms in total. The summed E-state index contributed by atoms with van der Waals surface area (Å²) < 4.78 is 10.6. The number of esters is 2. The molecule has 6 heteroatoms. The number of benzene rings is 1. The van der Waals surface area contributed by atoms with E-state index in [-0.39, 0.29) is 30.3 Å². The molecule has 0 aromatic heterocycles. The molecular weight excluding hydrogens is 385 g/mol. The Morgan fingerprint density at radius 3 is 2.52 bits per heavy atom. The summed E-state index contributed by atoms with van der Waals surface area (Å²) in [4.78, 5) is 23.7. The second-order valence-electron chi connectivity index (χ2n) is 4.84. The summed E-state index contributed by atoms with van der Waals surface area (Å²) in [6, 6.07) is 6.60. The van der Waals surface area contributed by atoms with Crippen molar-refractivity contribution in [2.24, 2.45) is 5.92 Å². The van der Waals surface area contributed by atoms with Crippen molar-refractivity contribution in [3.63, 3.8) is 0 Å². The molecule has 0 radical (unpaired) electrons. The first-order chi connectivity index (χ1) is 9.99. The lowest BCUT2D eigenvalue weighted by Crippen LogP contribution is -2.41. The molecule has 21 heavy (non-hydrogen) atoms. The van der Waals surface area contributed by atoms with Gasteiger partial charge < -0.3 is 14.8 Å². The lowest BCUT2D eigenvalue weighted by molar-refractivity contribution is -0.141. The summed E-state index contributed by atoms with van der Waals surface area (Å²) in [5, 5.41) is 2.93. The van der Waals surface area contributed by atoms with E-state index in [0.29, 0.717) is 15.9 Å². The molecule has 0 aliphatic rings. The highest BCUT2D eigenvalue weighted by molar-refractivity contribution is 14.1. The van der Waals surface area contributed by atoms with Gasteiger partial charge in [0.2, 0.25) is 0 Å². The lowest BCUT2D eigenvalue weighted by atomic mass is 10.1. The van der Waals surface area contributed by atoms with Gasteiger partial charge >= 0.3 is 11.9 Å². The third kappa shape index (κ3) is 5.62. The monoisotopic (exact) mass is 405 g/mol. The largest absolute Gasteiger partial charge is 0.455 e. The van der Waals surface area contributed by atoms with E-state index >= 15 is 0 Å². The van der Waals surface area contributed by atoms with E-state index in [0.717, 1.165) is 0 Å². The molecule has 1 atom stereocenters. The van der Waals surface area contributed by atoms with Gasteiger partial charge in [0.05, 0.1) is 6.42 Å². The van der Waals surface area contributed by atoms with Crippen molar-refractivity contribution in [2.75, 3.05) is 11.7 Å². The van der Waals surface area contributed by atoms with Crippen LogP contribution in [0.25, 0.3) is 0 Å². The van der Waals surface area contributed by atoms with Gasteiger partial charge in [-0.25, -0.2) is 4.79 Å². The molecule has 116 valence electrons. The third-order valence-corrected chi connectivity index (χ3v) is 3.28. The SMILES string of the molecule is CNC(C(=O)Oc1ccccc1CC(=O)OCI)C(C)C. The van der Waals surface area contributed by atoms with Gasteiger partial charge in [0.15, 0.2) is 0 Å². The Balaban J connectivity index is 2.83. The summed E-state index contributed by atoms with van der Waals surface area (Å²) in [5.74, 6) is -0.198. The Kier molecular flexibility index (Phi) is 7.66. The van der Waals surface area contributed by atoms with E-state index in [2.05, 4.69) is 5.32 Å². The molecule has 0 aliphatic carbocycles. The zero-order chi connectivity index (χ0) is 15.8. The number of nitrogens with one attached hydrogen (secondary N) is 1. The van der Waals surface area contributed by atoms with Crippen LogP contribution in [0.4, 0.5) is 0 Å². The fourth-order valence-corrected chi connectivity index (χ4v) is 2.26. The maximum Gasteiger partial charge on any atom is 0.328 e. The highest BCUT2D eigenvalue weighted by Crippen LogP contribution is 2.20. The van der Waals surface area contributed by atoms with E-state index in [1.807, 2.05) is 36.4 Å². The molecule has 1 rings (SSSR count). The van der Waals surface area contributed by atoms with Crippen molar-refractivity contribution >= 4 is 34.5 Å². The zero-order valence-electron chi connectivity index (χ0n) is 12.4. The van der Waals surface area contributed by atoms with Gasteiger partial charge in [-0.05, 0) is 41.6 Å². The molecule has 0 heterocycles. The molecule has 1 N–H and O–H groups in total. The topological polar surface area (TPSA) is 64.6 Å². The summed E-state index contributed by atoms with van der Waals surface area (Å²) in [6.07, 6.45) is 0.0817. The fourth-order valence-electron chi connectivity index (χ4n) is 1.91. The fraction of sp³-hybridized carbons (Fsp3) is 0.467. The Labute approximate surface area is 138 Å². The van der Waals surface area contributed by atoms with E-state index in [9.17, 15) is 9.59 Å².